The summed E-state index contributed by atoms with van der Waals surface area (Å²) in [6.07, 6.45) is 8.45. The fraction of sp³-hybridized carbons (Fsp3) is 0.611. The van der Waals surface area contributed by atoms with E-state index in [-0.39, 0.29) is 17.6 Å². The molecule has 1 atom stereocenters. The molecule has 0 unspecified atom stereocenters. The summed E-state index contributed by atoms with van der Waals surface area (Å²) in [5.74, 6) is -1.06. The predicted octanol–water partition coefficient (Wildman–Crippen LogP) is 3.21. The number of carbonyl (C=O) groups is 1. The van der Waals surface area contributed by atoms with Crippen molar-refractivity contribution in [2.75, 3.05) is 10.6 Å². The second kappa shape index (κ2) is 8.65. The number of anilines is 1. The molecule has 1 amide bonds. The summed E-state index contributed by atoms with van der Waals surface area (Å²) >= 11 is 0. The third kappa shape index (κ3) is 5.42. The SMILES string of the molecule is C[C@@H](C(=O)NC1CCCCCCC1)N(c1ccccc1F)S(C)(=O)=O. The first kappa shape index (κ1) is 19.7. The van der Waals surface area contributed by atoms with Gasteiger partial charge in [0.2, 0.25) is 15.9 Å². The molecule has 0 heterocycles. The van der Waals surface area contributed by atoms with Gasteiger partial charge in [0.05, 0.1) is 11.9 Å². The molecule has 1 saturated carbocycles. The van der Waals surface area contributed by atoms with Crippen LogP contribution in [0.25, 0.3) is 0 Å². The van der Waals surface area contributed by atoms with Crippen LogP contribution in [0.4, 0.5) is 10.1 Å². The number of amides is 1. The molecule has 0 spiro atoms. The first-order chi connectivity index (χ1) is 11.8. The van der Waals surface area contributed by atoms with E-state index in [0.29, 0.717) is 0 Å². The van der Waals surface area contributed by atoms with Crippen LogP contribution in [0.5, 0.6) is 0 Å². The Bertz CT molecular complexity index is 685. The molecule has 0 aliphatic heterocycles. The van der Waals surface area contributed by atoms with Crippen molar-refractivity contribution in [2.45, 2.75) is 64.0 Å². The van der Waals surface area contributed by atoms with Crippen molar-refractivity contribution >= 4 is 21.6 Å². The highest BCUT2D eigenvalue weighted by Crippen LogP contribution is 2.24. The third-order valence-electron chi connectivity index (χ3n) is 4.63. The number of rotatable bonds is 5. The highest BCUT2D eigenvalue weighted by Gasteiger charge is 2.31. The van der Waals surface area contributed by atoms with E-state index in [4.69, 9.17) is 0 Å². The molecule has 0 bridgehead atoms. The number of hydrogen-bond acceptors (Lipinski definition) is 3. The Labute approximate surface area is 149 Å². The van der Waals surface area contributed by atoms with Crippen LogP contribution in [0.15, 0.2) is 24.3 Å². The van der Waals surface area contributed by atoms with Gasteiger partial charge in [-0.25, -0.2) is 12.8 Å². The molecule has 0 saturated heterocycles. The van der Waals surface area contributed by atoms with Crippen LogP contribution in [0.3, 0.4) is 0 Å². The zero-order chi connectivity index (χ0) is 18.4. The average molecular weight is 370 g/mol. The Kier molecular flexibility index (Phi) is 6.81. The quantitative estimate of drug-likeness (QED) is 0.865. The zero-order valence-corrected chi connectivity index (χ0v) is 15.7. The Morgan fingerprint density at radius 2 is 1.72 bits per heavy atom. The van der Waals surface area contributed by atoms with Gasteiger partial charge < -0.3 is 5.32 Å². The third-order valence-corrected chi connectivity index (χ3v) is 5.86. The lowest BCUT2D eigenvalue weighted by Crippen LogP contribution is -2.50. The molecular weight excluding hydrogens is 343 g/mol. The highest BCUT2D eigenvalue weighted by molar-refractivity contribution is 7.92. The minimum absolute atomic E-state index is 0.0530. The van der Waals surface area contributed by atoms with Gasteiger partial charge in [-0.1, -0.05) is 44.2 Å². The van der Waals surface area contributed by atoms with Crippen LogP contribution in [0, 0.1) is 5.82 Å². The molecule has 1 aromatic rings. The molecule has 5 nitrogen and oxygen atoms in total. The molecule has 1 aromatic carbocycles. The molecule has 0 radical (unpaired) electrons. The second-order valence-corrected chi connectivity index (χ2v) is 8.60. The minimum Gasteiger partial charge on any atom is -0.352 e. The monoisotopic (exact) mass is 370 g/mol. The van der Waals surface area contributed by atoms with Gasteiger partial charge in [0, 0.05) is 6.04 Å². The van der Waals surface area contributed by atoms with Crippen molar-refractivity contribution in [3.8, 4) is 0 Å². The number of sulfonamides is 1. The maximum atomic E-state index is 14.1. The summed E-state index contributed by atoms with van der Waals surface area (Å²) in [6.45, 7) is 1.49. The van der Waals surface area contributed by atoms with Crippen molar-refractivity contribution in [1.82, 2.24) is 5.32 Å². The predicted molar refractivity (Wildman–Crippen MR) is 97.4 cm³/mol. The maximum Gasteiger partial charge on any atom is 0.243 e. The topological polar surface area (TPSA) is 66.5 Å². The van der Waals surface area contributed by atoms with E-state index in [0.717, 1.165) is 49.1 Å². The first-order valence-electron chi connectivity index (χ1n) is 8.85. The number of halogens is 1. The summed E-state index contributed by atoms with van der Waals surface area (Å²) in [7, 11) is -3.81. The fourth-order valence-electron chi connectivity index (χ4n) is 3.33. The Morgan fingerprint density at radius 3 is 2.28 bits per heavy atom. The Balaban J connectivity index is 2.17. The van der Waals surface area contributed by atoms with Gasteiger partial charge in [-0.2, -0.15) is 0 Å². The van der Waals surface area contributed by atoms with E-state index in [1.807, 2.05) is 0 Å². The summed E-state index contributed by atoms with van der Waals surface area (Å²) in [4.78, 5) is 12.6. The molecule has 0 aromatic heterocycles. The molecular formula is C18H27FN2O3S. The van der Waals surface area contributed by atoms with Crippen LogP contribution >= 0.6 is 0 Å². The highest BCUT2D eigenvalue weighted by atomic mass is 32.2. The van der Waals surface area contributed by atoms with E-state index in [2.05, 4.69) is 5.32 Å². The van der Waals surface area contributed by atoms with E-state index >= 15 is 0 Å². The first-order valence-corrected chi connectivity index (χ1v) is 10.7. The van der Waals surface area contributed by atoms with Gasteiger partial charge in [-0.3, -0.25) is 9.10 Å². The van der Waals surface area contributed by atoms with Gasteiger partial charge in [0.25, 0.3) is 0 Å². The minimum atomic E-state index is -3.81. The molecule has 2 rings (SSSR count). The number of benzene rings is 1. The zero-order valence-electron chi connectivity index (χ0n) is 14.9. The van der Waals surface area contributed by atoms with Gasteiger partial charge in [0.1, 0.15) is 11.9 Å². The molecule has 140 valence electrons. The lowest BCUT2D eigenvalue weighted by Gasteiger charge is -2.30. The van der Waals surface area contributed by atoms with Crippen LogP contribution in [0.2, 0.25) is 0 Å². The number of nitrogens with zero attached hydrogens (tertiary/aromatic N) is 1. The van der Waals surface area contributed by atoms with Crippen LogP contribution in [-0.2, 0) is 14.8 Å². The number of para-hydroxylation sites is 1. The van der Waals surface area contributed by atoms with Gasteiger partial charge in [-0.15, -0.1) is 0 Å². The lowest BCUT2D eigenvalue weighted by atomic mass is 9.96. The van der Waals surface area contributed by atoms with Gasteiger partial charge >= 0.3 is 0 Å². The standard InChI is InChI=1S/C18H27FN2O3S/c1-14(18(22)20-15-10-6-4-3-5-7-11-15)21(25(2,23)24)17-13-9-8-12-16(17)19/h8-9,12-15H,3-7,10-11H2,1-2H3,(H,20,22)/t14-/m0/s1. The summed E-state index contributed by atoms with van der Waals surface area (Å²) in [5.41, 5.74) is -0.106. The van der Waals surface area contributed by atoms with Crippen molar-refractivity contribution in [3.63, 3.8) is 0 Å². The smallest absolute Gasteiger partial charge is 0.243 e. The average Bonchev–Trinajstić information content (AvgIpc) is 2.50. The van der Waals surface area contributed by atoms with Crippen LogP contribution in [0.1, 0.15) is 51.9 Å². The summed E-state index contributed by atoms with van der Waals surface area (Å²) in [6, 6.07) is 4.63. The van der Waals surface area contributed by atoms with Gasteiger partial charge in [-0.05, 0) is 31.9 Å². The molecule has 1 fully saturated rings. The molecule has 7 heteroatoms. The maximum absolute atomic E-state index is 14.1. The van der Waals surface area contributed by atoms with Crippen LogP contribution in [-0.4, -0.2) is 32.7 Å². The number of hydrogen-bond donors (Lipinski definition) is 1. The van der Waals surface area contributed by atoms with E-state index < -0.39 is 21.9 Å². The largest absolute Gasteiger partial charge is 0.352 e. The normalized spacial score (nSPS) is 18.0. The summed E-state index contributed by atoms with van der Waals surface area (Å²) < 4.78 is 39.4. The Morgan fingerprint density at radius 1 is 1.16 bits per heavy atom. The van der Waals surface area contributed by atoms with Crippen molar-refractivity contribution in [1.29, 1.82) is 0 Å². The fourth-order valence-corrected chi connectivity index (χ4v) is 4.51. The van der Waals surface area contributed by atoms with Gasteiger partial charge in [0.15, 0.2) is 0 Å². The van der Waals surface area contributed by atoms with Crippen LogP contribution < -0.4 is 9.62 Å². The number of carbonyl (C=O) groups excluding carboxylic acids is 1. The number of nitrogens with one attached hydrogen (secondary N) is 1. The molecule has 25 heavy (non-hydrogen) atoms. The summed E-state index contributed by atoms with van der Waals surface area (Å²) in [5, 5.41) is 2.96. The van der Waals surface area contributed by atoms with Crippen molar-refractivity contribution < 1.29 is 17.6 Å². The molecule has 1 aliphatic rings. The Hall–Kier alpha value is -1.63. The lowest BCUT2D eigenvalue weighted by molar-refractivity contribution is -0.122. The van der Waals surface area contributed by atoms with E-state index in [9.17, 15) is 17.6 Å². The van der Waals surface area contributed by atoms with E-state index in [1.165, 1.54) is 31.5 Å². The van der Waals surface area contributed by atoms with Crippen molar-refractivity contribution in [3.05, 3.63) is 30.1 Å². The second-order valence-electron chi connectivity index (χ2n) is 6.74. The van der Waals surface area contributed by atoms with E-state index in [1.54, 1.807) is 6.07 Å². The molecule has 1 N–H and O–H groups in total. The van der Waals surface area contributed by atoms with Crippen molar-refractivity contribution in [2.24, 2.45) is 0 Å². The molecule has 1 aliphatic carbocycles.